The first-order valence-electron chi connectivity index (χ1n) is 10.6. The number of benzene rings is 2. The third-order valence-corrected chi connectivity index (χ3v) is 6.35. The summed E-state index contributed by atoms with van der Waals surface area (Å²) in [5, 5.41) is 3.18. The number of nitrogens with zero attached hydrogens (tertiary/aromatic N) is 2. The van der Waals surface area contributed by atoms with E-state index in [-0.39, 0.29) is 12.2 Å². The number of aromatic nitrogens is 1. The van der Waals surface area contributed by atoms with Crippen LogP contribution in [0.1, 0.15) is 31.0 Å². The summed E-state index contributed by atoms with van der Waals surface area (Å²) >= 11 is 1.28. The van der Waals surface area contributed by atoms with E-state index in [0.29, 0.717) is 26.4 Å². The fraction of sp³-hybridized carbons (Fsp3) is 0.240. The van der Waals surface area contributed by atoms with Gasteiger partial charge in [0, 0.05) is 11.9 Å². The van der Waals surface area contributed by atoms with Gasteiger partial charge in [-0.25, -0.2) is 9.79 Å². The van der Waals surface area contributed by atoms with Crippen LogP contribution in [-0.4, -0.2) is 24.3 Å². The van der Waals surface area contributed by atoms with Gasteiger partial charge in [-0.15, -0.1) is 0 Å². The first-order valence-corrected chi connectivity index (χ1v) is 11.4. The summed E-state index contributed by atoms with van der Waals surface area (Å²) in [6.07, 6.45) is 1.68. The number of ether oxygens (including phenoxy) is 2. The number of rotatable bonds is 6. The highest BCUT2D eigenvalue weighted by atomic mass is 32.1. The van der Waals surface area contributed by atoms with Crippen molar-refractivity contribution in [2.45, 2.75) is 26.8 Å². The van der Waals surface area contributed by atoms with Crippen LogP contribution >= 0.6 is 11.3 Å². The number of hydrogen-bond donors (Lipinski definition) is 1. The average molecular weight is 464 g/mol. The van der Waals surface area contributed by atoms with E-state index in [2.05, 4.69) is 10.3 Å². The molecule has 0 amide bonds. The van der Waals surface area contributed by atoms with E-state index in [1.807, 2.05) is 55.5 Å². The van der Waals surface area contributed by atoms with E-state index in [4.69, 9.17) is 9.47 Å². The van der Waals surface area contributed by atoms with Gasteiger partial charge in [0.05, 0.1) is 31.0 Å². The molecule has 1 atom stereocenters. The minimum Gasteiger partial charge on any atom is -0.497 e. The molecule has 0 saturated carbocycles. The lowest BCUT2D eigenvalue weighted by atomic mass is 9.96. The lowest BCUT2D eigenvalue weighted by Gasteiger charge is -2.24. The topological polar surface area (TPSA) is 81.9 Å². The lowest BCUT2D eigenvalue weighted by Crippen LogP contribution is -2.40. The second-order valence-corrected chi connectivity index (χ2v) is 8.59. The van der Waals surface area contributed by atoms with E-state index >= 15 is 0 Å². The zero-order valence-electron chi connectivity index (χ0n) is 18.9. The molecule has 8 heteroatoms. The minimum atomic E-state index is -0.646. The Morgan fingerprint density at radius 2 is 1.85 bits per heavy atom. The predicted molar refractivity (Wildman–Crippen MR) is 129 cm³/mol. The molecule has 1 aliphatic heterocycles. The number of allylic oxidation sites excluding steroid dienone is 1. The van der Waals surface area contributed by atoms with Crippen molar-refractivity contribution in [3.05, 3.63) is 90.6 Å². The quantitative estimate of drug-likeness (QED) is 0.568. The lowest BCUT2D eigenvalue weighted by molar-refractivity contribution is -0.139. The number of aryl methyl sites for hydroxylation is 1. The van der Waals surface area contributed by atoms with Crippen LogP contribution in [0.2, 0.25) is 0 Å². The predicted octanol–water partition coefficient (Wildman–Crippen LogP) is 3.14. The van der Waals surface area contributed by atoms with Gasteiger partial charge in [0.1, 0.15) is 10.3 Å². The van der Waals surface area contributed by atoms with Gasteiger partial charge in [-0.1, -0.05) is 41.2 Å². The molecule has 2 aromatic carbocycles. The Labute approximate surface area is 195 Å². The van der Waals surface area contributed by atoms with E-state index < -0.39 is 12.0 Å². The average Bonchev–Trinajstić information content (AvgIpc) is 3.12. The fourth-order valence-corrected chi connectivity index (χ4v) is 4.66. The molecule has 170 valence electrons. The van der Waals surface area contributed by atoms with Crippen molar-refractivity contribution in [2.75, 3.05) is 19.0 Å². The van der Waals surface area contributed by atoms with Crippen LogP contribution in [0.15, 0.2) is 69.6 Å². The standard InChI is InChI=1S/C25H25N3O4S/c1-5-32-24(30)21-16(3)27-25-28(22(21)17-8-12-19(31-4)13-9-17)23(29)20(33-25)14-26-18-10-6-15(2)7-11-18/h6-14,22,26H,5H2,1-4H3/b20-14-/t22-/m1/s1. The van der Waals surface area contributed by atoms with E-state index in [9.17, 15) is 9.59 Å². The normalized spacial score (nSPS) is 15.6. The number of esters is 1. The summed E-state index contributed by atoms with van der Waals surface area (Å²) in [7, 11) is 1.59. The number of anilines is 1. The molecule has 0 spiro atoms. The Kier molecular flexibility index (Phi) is 6.46. The van der Waals surface area contributed by atoms with Crippen molar-refractivity contribution < 1.29 is 14.3 Å². The van der Waals surface area contributed by atoms with Crippen molar-refractivity contribution in [3.8, 4) is 5.75 Å². The Morgan fingerprint density at radius 1 is 1.15 bits per heavy atom. The van der Waals surface area contributed by atoms with Crippen molar-refractivity contribution in [1.29, 1.82) is 0 Å². The van der Waals surface area contributed by atoms with Gasteiger partial charge in [-0.05, 0) is 50.6 Å². The summed E-state index contributed by atoms with van der Waals surface area (Å²) in [6.45, 7) is 5.77. The Morgan fingerprint density at radius 3 is 2.48 bits per heavy atom. The summed E-state index contributed by atoms with van der Waals surface area (Å²) in [4.78, 5) is 31.5. The van der Waals surface area contributed by atoms with Crippen LogP contribution in [0, 0.1) is 6.92 Å². The van der Waals surface area contributed by atoms with Crippen molar-refractivity contribution in [2.24, 2.45) is 4.99 Å². The summed E-state index contributed by atoms with van der Waals surface area (Å²) < 4.78 is 12.6. The van der Waals surface area contributed by atoms with Crippen molar-refractivity contribution in [1.82, 2.24) is 4.57 Å². The van der Waals surface area contributed by atoms with Gasteiger partial charge in [0.25, 0.3) is 5.56 Å². The third-order valence-electron chi connectivity index (χ3n) is 5.37. The molecule has 0 radical (unpaired) electrons. The highest BCUT2D eigenvalue weighted by Crippen LogP contribution is 2.31. The van der Waals surface area contributed by atoms with Crippen LogP contribution in [0.4, 0.5) is 5.69 Å². The Hall–Kier alpha value is -3.65. The maximum absolute atomic E-state index is 13.5. The second-order valence-electron chi connectivity index (χ2n) is 7.59. The zero-order chi connectivity index (χ0) is 23.5. The van der Waals surface area contributed by atoms with Crippen molar-refractivity contribution in [3.63, 3.8) is 0 Å². The summed E-state index contributed by atoms with van der Waals surface area (Å²) in [6, 6.07) is 14.6. The molecule has 0 aliphatic carbocycles. The van der Waals surface area contributed by atoms with Crippen LogP contribution in [0.25, 0.3) is 6.20 Å². The largest absolute Gasteiger partial charge is 0.497 e. The van der Waals surface area contributed by atoms with Gasteiger partial charge >= 0.3 is 5.97 Å². The molecule has 1 aromatic heterocycles. The van der Waals surface area contributed by atoms with Gasteiger partial charge in [0.2, 0.25) is 0 Å². The van der Waals surface area contributed by atoms with E-state index in [0.717, 1.165) is 16.8 Å². The second kappa shape index (κ2) is 9.46. The maximum atomic E-state index is 13.5. The fourth-order valence-electron chi connectivity index (χ4n) is 3.69. The molecule has 1 aliphatic rings. The Balaban J connectivity index is 1.84. The molecular formula is C25H25N3O4S. The van der Waals surface area contributed by atoms with Gasteiger partial charge in [-0.2, -0.15) is 0 Å². The molecule has 0 bridgehead atoms. The molecule has 3 aromatic rings. The minimum absolute atomic E-state index is 0.228. The number of hydrogen-bond acceptors (Lipinski definition) is 7. The number of methoxy groups -OCH3 is 1. The Bertz CT molecular complexity index is 1380. The van der Waals surface area contributed by atoms with Gasteiger partial charge < -0.3 is 14.8 Å². The van der Waals surface area contributed by atoms with Crippen LogP contribution < -0.4 is 24.9 Å². The summed E-state index contributed by atoms with van der Waals surface area (Å²) in [5.41, 5.74) is 3.46. The molecule has 4 rings (SSSR count). The molecule has 0 saturated heterocycles. The number of carbonyl (C=O) groups is 1. The first kappa shape index (κ1) is 22.5. The molecule has 7 nitrogen and oxygen atoms in total. The number of thiazole rings is 1. The smallest absolute Gasteiger partial charge is 0.338 e. The number of fused-ring (bicyclic) bond motifs is 1. The monoisotopic (exact) mass is 463 g/mol. The molecule has 33 heavy (non-hydrogen) atoms. The van der Waals surface area contributed by atoms with E-state index in [1.165, 1.54) is 11.3 Å². The highest BCUT2D eigenvalue weighted by molar-refractivity contribution is 7.07. The first-order chi connectivity index (χ1) is 15.9. The molecule has 0 fully saturated rings. The van der Waals surface area contributed by atoms with Gasteiger partial charge in [0.15, 0.2) is 4.80 Å². The number of nitrogens with one attached hydrogen (secondary N) is 1. The maximum Gasteiger partial charge on any atom is 0.338 e. The SMILES string of the molecule is CCOC(=O)C1=C(C)N=c2s/c(=C\Nc3ccc(C)cc3)c(=O)n2[C@@H]1c1ccc(OC)cc1. The molecule has 0 unspecified atom stereocenters. The van der Waals surface area contributed by atoms with Gasteiger partial charge in [-0.3, -0.25) is 9.36 Å². The third kappa shape index (κ3) is 4.47. The summed E-state index contributed by atoms with van der Waals surface area (Å²) in [5.74, 6) is 0.207. The van der Waals surface area contributed by atoms with Crippen LogP contribution in [0.3, 0.4) is 0 Å². The van der Waals surface area contributed by atoms with Crippen molar-refractivity contribution >= 4 is 29.2 Å². The zero-order valence-corrected chi connectivity index (χ0v) is 19.7. The molecule has 2 heterocycles. The molecular weight excluding hydrogens is 438 g/mol. The van der Waals surface area contributed by atoms with Crippen LogP contribution in [0.5, 0.6) is 5.75 Å². The number of carbonyl (C=O) groups excluding carboxylic acids is 1. The molecule has 1 N–H and O–H groups in total. The van der Waals surface area contributed by atoms with E-state index in [1.54, 1.807) is 31.7 Å². The highest BCUT2D eigenvalue weighted by Gasteiger charge is 2.33. The van der Waals surface area contributed by atoms with Crippen LogP contribution in [-0.2, 0) is 9.53 Å².